The van der Waals surface area contributed by atoms with Crippen molar-refractivity contribution >= 4 is 35.6 Å². The molecule has 0 spiro atoms. The van der Waals surface area contributed by atoms with Crippen molar-refractivity contribution < 1.29 is 0 Å². The van der Waals surface area contributed by atoms with Gasteiger partial charge >= 0.3 is 0 Å². The molecule has 0 amide bonds. The van der Waals surface area contributed by atoms with Crippen LogP contribution in [0.15, 0.2) is 48.5 Å². The first kappa shape index (κ1) is 23.5. The van der Waals surface area contributed by atoms with E-state index in [0.717, 1.165) is 18.9 Å². The molecule has 154 valence electrons. The van der Waals surface area contributed by atoms with Crippen molar-refractivity contribution in [3.63, 3.8) is 0 Å². The molecule has 2 nitrogen and oxygen atoms in total. The van der Waals surface area contributed by atoms with Crippen LogP contribution >= 0.6 is 35.6 Å². The van der Waals surface area contributed by atoms with Gasteiger partial charge in [-0.05, 0) is 87.3 Å². The van der Waals surface area contributed by atoms with Gasteiger partial charge in [0.1, 0.15) is 0 Å². The summed E-state index contributed by atoms with van der Waals surface area (Å²) in [6.45, 7) is 5.54. The van der Waals surface area contributed by atoms with Gasteiger partial charge in [-0.3, -0.25) is 0 Å². The number of likely N-dealkylation sites (tertiary alicyclic amines) is 1. The lowest BCUT2D eigenvalue weighted by Gasteiger charge is -2.33. The Hall–Kier alpha value is -0.770. The van der Waals surface area contributed by atoms with Crippen LogP contribution in [0.1, 0.15) is 43.2 Å². The van der Waals surface area contributed by atoms with Gasteiger partial charge in [0.2, 0.25) is 0 Å². The fourth-order valence-electron chi connectivity index (χ4n) is 4.16. The predicted octanol–water partition coefficient (Wildman–Crippen LogP) is 6.19. The van der Waals surface area contributed by atoms with Crippen molar-refractivity contribution in [1.29, 1.82) is 0 Å². The summed E-state index contributed by atoms with van der Waals surface area (Å²) in [7, 11) is 0. The van der Waals surface area contributed by atoms with Gasteiger partial charge in [0.05, 0.1) is 10.0 Å². The molecule has 1 aliphatic heterocycles. The molecule has 0 aromatic heterocycles. The monoisotopic (exact) mass is 440 g/mol. The van der Waals surface area contributed by atoms with Crippen molar-refractivity contribution in [1.82, 2.24) is 4.90 Å². The largest absolute Gasteiger partial charge is 0.327 e. The number of halogens is 3. The maximum Gasteiger partial charge on any atom is 0.0595 e. The van der Waals surface area contributed by atoms with Crippen molar-refractivity contribution in [2.75, 3.05) is 19.6 Å². The highest BCUT2D eigenvalue weighted by atomic mass is 35.5. The summed E-state index contributed by atoms with van der Waals surface area (Å²) in [5.74, 6) is 1.12. The first-order chi connectivity index (χ1) is 13.0. The minimum Gasteiger partial charge on any atom is -0.327 e. The zero-order valence-electron chi connectivity index (χ0n) is 16.5. The highest BCUT2D eigenvalue weighted by molar-refractivity contribution is 6.42. The van der Waals surface area contributed by atoms with Crippen LogP contribution in [0.5, 0.6) is 0 Å². The van der Waals surface area contributed by atoms with E-state index in [1.165, 1.54) is 43.5 Å². The normalized spacial score (nSPS) is 17.7. The Morgan fingerprint density at radius 3 is 2.32 bits per heavy atom. The molecule has 1 saturated heterocycles. The average Bonchev–Trinajstić information content (AvgIpc) is 2.66. The quantitative estimate of drug-likeness (QED) is 0.555. The summed E-state index contributed by atoms with van der Waals surface area (Å²) in [5.41, 5.74) is 8.94. The molecule has 2 N–H and O–H groups in total. The third-order valence-electron chi connectivity index (χ3n) is 5.84. The molecular formula is C23H31Cl3N2. The van der Waals surface area contributed by atoms with E-state index in [1.807, 2.05) is 12.1 Å². The van der Waals surface area contributed by atoms with Gasteiger partial charge in [-0.15, -0.1) is 12.4 Å². The minimum absolute atomic E-state index is 0. The van der Waals surface area contributed by atoms with E-state index >= 15 is 0 Å². The Labute approximate surface area is 185 Å². The van der Waals surface area contributed by atoms with Crippen molar-refractivity contribution in [3.05, 3.63) is 69.7 Å². The van der Waals surface area contributed by atoms with Crippen molar-refractivity contribution in [2.24, 2.45) is 11.7 Å². The van der Waals surface area contributed by atoms with Gasteiger partial charge in [0.25, 0.3) is 0 Å². The number of hydrogen-bond acceptors (Lipinski definition) is 2. The molecule has 2 unspecified atom stereocenters. The smallest absolute Gasteiger partial charge is 0.0595 e. The fourth-order valence-corrected chi connectivity index (χ4v) is 4.47. The molecular weight excluding hydrogens is 411 g/mol. The summed E-state index contributed by atoms with van der Waals surface area (Å²) < 4.78 is 0. The van der Waals surface area contributed by atoms with Crippen LogP contribution in [0.3, 0.4) is 0 Å². The maximum atomic E-state index is 6.29. The van der Waals surface area contributed by atoms with Gasteiger partial charge in [-0.25, -0.2) is 0 Å². The Balaban J connectivity index is 0.00000280. The van der Waals surface area contributed by atoms with Crippen LogP contribution < -0.4 is 5.73 Å². The lowest BCUT2D eigenvalue weighted by molar-refractivity contribution is 0.177. The third kappa shape index (κ3) is 6.64. The third-order valence-corrected chi connectivity index (χ3v) is 6.58. The van der Waals surface area contributed by atoms with Crippen LogP contribution in [0.4, 0.5) is 0 Å². The fraction of sp³-hybridized carbons (Fsp3) is 0.478. The van der Waals surface area contributed by atoms with E-state index in [4.69, 9.17) is 28.9 Å². The second-order valence-electron chi connectivity index (χ2n) is 7.90. The average molecular weight is 442 g/mol. The molecule has 5 heteroatoms. The van der Waals surface area contributed by atoms with Gasteiger partial charge in [-0.1, -0.05) is 59.6 Å². The van der Waals surface area contributed by atoms with E-state index in [0.29, 0.717) is 16.0 Å². The number of rotatable bonds is 7. The summed E-state index contributed by atoms with van der Waals surface area (Å²) in [4.78, 5) is 2.59. The van der Waals surface area contributed by atoms with E-state index in [9.17, 15) is 0 Å². The molecule has 2 aromatic rings. The maximum absolute atomic E-state index is 6.29. The summed E-state index contributed by atoms with van der Waals surface area (Å²) >= 11 is 12.3. The zero-order valence-corrected chi connectivity index (χ0v) is 18.8. The first-order valence-corrected chi connectivity index (χ1v) is 10.8. The molecule has 1 heterocycles. The number of benzene rings is 2. The van der Waals surface area contributed by atoms with Gasteiger partial charge < -0.3 is 10.6 Å². The summed E-state index contributed by atoms with van der Waals surface area (Å²) in [6.07, 6.45) is 4.83. The van der Waals surface area contributed by atoms with Gasteiger partial charge in [-0.2, -0.15) is 0 Å². The molecule has 0 aliphatic carbocycles. The SMILES string of the molecule is CC(N)C(CCN1CCC(Cc2ccccc2)CC1)c1ccc(Cl)c(Cl)c1.Cl. The number of nitrogens with zero attached hydrogens (tertiary/aromatic N) is 1. The van der Waals surface area contributed by atoms with Gasteiger partial charge in [0, 0.05) is 6.04 Å². The molecule has 2 atom stereocenters. The van der Waals surface area contributed by atoms with E-state index in [2.05, 4.69) is 48.2 Å². The van der Waals surface area contributed by atoms with Gasteiger partial charge in [0.15, 0.2) is 0 Å². The van der Waals surface area contributed by atoms with E-state index in [-0.39, 0.29) is 18.4 Å². The van der Waals surface area contributed by atoms with Crippen LogP contribution in [-0.4, -0.2) is 30.6 Å². The number of piperidine rings is 1. The molecule has 1 fully saturated rings. The molecule has 0 saturated carbocycles. The Morgan fingerprint density at radius 1 is 1.04 bits per heavy atom. The molecule has 28 heavy (non-hydrogen) atoms. The second-order valence-corrected chi connectivity index (χ2v) is 8.72. The predicted molar refractivity (Wildman–Crippen MR) is 124 cm³/mol. The van der Waals surface area contributed by atoms with E-state index < -0.39 is 0 Å². The Bertz CT molecular complexity index is 713. The van der Waals surface area contributed by atoms with E-state index in [1.54, 1.807) is 0 Å². The lowest BCUT2D eigenvalue weighted by Crippen LogP contribution is -2.37. The Morgan fingerprint density at radius 2 is 1.71 bits per heavy atom. The van der Waals surface area contributed by atoms with Crippen LogP contribution in [-0.2, 0) is 6.42 Å². The lowest BCUT2D eigenvalue weighted by atomic mass is 9.88. The Kier molecular flexibility index (Phi) is 9.59. The van der Waals surface area contributed by atoms with Crippen molar-refractivity contribution in [3.8, 4) is 0 Å². The molecule has 1 aliphatic rings. The number of nitrogens with two attached hydrogens (primary N) is 1. The zero-order chi connectivity index (χ0) is 19.2. The van der Waals surface area contributed by atoms with Crippen LogP contribution in [0.25, 0.3) is 0 Å². The van der Waals surface area contributed by atoms with Crippen LogP contribution in [0, 0.1) is 5.92 Å². The molecule has 0 bridgehead atoms. The second kappa shape index (κ2) is 11.4. The minimum atomic E-state index is 0. The standard InChI is InChI=1S/C23H30Cl2N2.ClH/c1-17(26)21(20-7-8-22(24)23(25)16-20)11-14-27-12-9-19(10-13-27)15-18-5-3-2-4-6-18;/h2-8,16-17,19,21H,9-15,26H2,1H3;1H. The molecule has 3 rings (SSSR count). The molecule has 2 aromatic carbocycles. The number of hydrogen-bond donors (Lipinski definition) is 1. The highest BCUT2D eigenvalue weighted by Crippen LogP contribution is 2.30. The summed E-state index contributed by atoms with van der Waals surface area (Å²) in [6, 6.07) is 16.9. The first-order valence-electron chi connectivity index (χ1n) is 9.99. The van der Waals surface area contributed by atoms with Crippen molar-refractivity contribution in [2.45, 2.75) is 44.6 Å². The summed E-state index contributed by atoms with van der Waals surface area (Å²) in [5, 5.41) is 1.21. The van der Waals surface area contributed by atoms with Crippen LogP contribution in [0.2, 0.25) is 10.0 Å². The highest BCUT2D eigenvalue weighted by Gasteiger charge is 2.22. The topological polar surface area (TPSA) is 29.3 Å². The molecule has 0 radical (unpaired) electrons.